The summed E-state index contributed by atoms with van der Waals surface area (Å²) in [5, 5.41) is 12.3. The van der Waals surface area contributed by atoms with Crippen molar-refractivity contribution >= 4 is 50.7 Å². The zero-order valence-electron chi connectivity index (χ0n) is 9.95. The minimum Gasteiger partial charge on any atom is -0.321 e. The van der Waals surface area contributed by atoms with Crippen LogP contribution in [0.15, 0.2) is 40.9 Å². The largest absolute Gasteiger partial charge is 0.321 e. The molecule has 0 radical (unpaired) electrons. The first-order valence-corrected chi connectivity index (χ1v) is 7.02. The van der Waals surface area contributed by atoms with Gasteiger partial charge in [0.1, 0.15) is 0 Å². The van der Waals surface area contributed by atoms with Crippen molar-refractivity contribution in [3.63, 3.8) is 0 Å². The van der Waals surface area contributed by atoms with Crippen molar-refractivity contribution in [3.05, 3.63) is 62.0 Å². The lowest BCUT2D eigenvalue weighted by Crippen LogP contribution is -2.12. The smallest absolute Gasteiger partial charge is 0.255 e. The molecule has 0 aliphatic heterocycles. The van der Waals surface area contributed by atoms with E-state index >= 15 is 0 Å². The molecule has 0 fully saturated rings. The molecule has 0 heterocycles. The number of hydrogen-bond donors (Lipinski definition) is 1. The molecule has 0 unspecified atom stereocenters. The van der Waals surface area contributed by atoms with E-state index in [-0.39, 0.29) is 5.91 Å². The Bertz CT molecular complexity index is 726. The Kier molecular flexibility index (Phi) is 4.66. The second kappa shape index (κ2) is 6.27. The zero-order valence-corrected chi connectivity index (χ0v) is 13.1. The summed E-state index contributed by atoms with van der Waals surface area (Å²) in [6, 6.07) is 11.5. The van der Waals surface area contributed by atoms with Crippen LogP contribution in [0.4, 0.5) is 5.69 Å². The number of amides is 1. The predicted molar refractivity (Wildman–Crippen MR) is 83.3 cm³/mol. The van der Waals surface area contributed by atoms with E-state index in [0.717, 1.165) is 0 Å². The number of halogens is 3. The molecular formula is C14H7BrCl2N2O. The summed E-state index contributed by atoms with van der Waals surface area (Å²) < 4.78 is 0.709. The third kappa shape index (κ3) is 3.31. The predicted octanol–water partition coefficient (Wildman–Crippen LogP) is 4.88. The van der Waals surface area contributed by atoms with Gasteiger partial charge in [0.25, 0.3) is 5.91 Å². The summed E-state index contributed by atoms with van der Waals surface area (Å²) >= 11 is 15.2. The van der Waals surface area contributed by atoms with E-state index in [0.29, 0.717) is 31.3 Å². The molecule has 0 saturated heterocycles. The van der Waals surface area contributed by atoms with Crippen LogP contribution in [0.5, 0.6) is 0 Å². The molecule has 0 bridgehead atoms. The molecule has 1 N–H and O–H groups in total. The topological polar surface area (TPSA) is 52.9 Å². The number of anilines is 1. The zero-order chi connectivity index (χ0) is 14.7. The minimum atomic E-state index is -0.351. The summed E-state index contributed by atoms with van der Waals surface area (Å²) in [7, 11) is 0. The van der Waals surface area contributed by atoms with Gasteiger partial charge in [-0.3, -0.25) is 4.79 Å². The molecule has 3 nitrogen and oxygen atoms in total. The Balaban J connectivity index is 2.28. The fourth-order valence-electron chi connectivity index (χ4n) is 1.52. The third-order valence-corrected chi connectivity index (χ3v) is 4.09. The van der Waals surface area contributed by atoms with Crippen molar-refractivity contribution in [1.29, 1.82) is 5.26 Å². The first-order valence-electron chi connectivity index (χ1n) is 5.47. The monoisotopic (exact) mass is 368 g/mol. The summed E-state index contributed by atoms with van der Waals surface area (Å²) in [6.45, 7) is 0. The molecule has 0 aliphatic rings. The van der Waals surface area contributed by atoms with Crippen LogP contribution < -0.4 is 5.32 Å². The Morgan fingerprint density at radius 3 is 2.55 bits per heavy atom. The van der Waals surface area contributed by atoms with Gasteiger partial charge in [-0.15, -0.1) is 0 Å². The van der Waals surface area contributed by atoms with E-state index in [1.807, 2.05) is 6.07 Å². The van der Waals surface area contributed by atoms with Gasteiger partial charge in [0.05, 0.1) is 27.4 Å². The summed E-state index contributed by atoms with van der Waals surface area (Å²) in [6.07, 6.45) is 0. The summed E-state index contributed by atoms with van der Waals surface area (Å²) in [5.74, 6) is -0.351. The maximum absolute atomic E-state index is 12.1. The van der Waals surface area contributed by atoms with E-state index in [1.165, 1.54) is 6.07 Å². The molecule has 0 spiro atoms. The van der Waals surface area contributed by atoms with Crippen LogP contribution in [0.1, 0.15) is 15.9 Å². The molecule has 2 rings (SSSR count). The highest BCUT2D eigenvalue weighted by Gasteiger charge is 2.10. The summed E-state index contributed by atoms with van der Waals surface area (Å²) in [5.41, 5.74) is 1.20. The van der Waals surface area contributed by atoms with E-state index in [4.69, 9.17) is 28.5 Å². The fraction of sp³-hybridized carbons (Fsp3) is 0. The average molecular weight is 370 g/mol. The Labute approximate surface area is 134 Å². The van der Waals surface area contributed by atoms with Crippen LogP contribution in [0.3, 0.4) is 0 Å². The second-order valence-corrected chi connectivity index (χ2v) is 5.56. The maximum Gasteiger partial charge on any atom is 0.255 e. The highest BCUT2D eigenvalue weighted by atomic mass is 79.9. The lowest BCUT2D eigenvalue weighted by molar-refractivity contribution is 0.102. The van der Waals surface area contributed by atoms with Crippen LogP contribution in [-0.2, 0) is 0 Å². The second-order valence-electron chi connectivity index (χ2n) is 3.89. The fourth-order valence-corrected chi connectivity index (χ4v) is 2.11. The standard InChI is InChI=1S/C14H7BrCl2N2O/c15-10-3-2-9(6-12(10)17)14(20)19-13-5-8(7-18)1-4-11(13)16/h1-6H,(H,19,20). The first kappa shape index (κ1) is 14.9. The minimum absolute atomic E-state index is 0.351. The molecule has 2 aromatic rings. The van der Waals surface area contributed by atoms with Gasteiger partial charge in [0.15, 0.2) is 0 Å². The lowest BCUT2D eigenvalue weighted by Gasteiger charge is -2.08. The molecule has 0 saturated carbocycles. The van der Waals surface area contributed by atoms with Gasteiger partial charge in [-0.25, -0.2) is 0 Å². The van der Waals surface area contributed by atoms with E-state index < -0.39 is 0 Å². The van der Waals surface area contributed by atoms with Gasteiger partial charge in [-0.2, -0.15) is 5.26 Å². The van der Waals surface area contributed by atoms with Crippen molar-refractivity contribution in [1.82, 2.24) is 0 Å². The van der Waals surface area contributed by atoms with Gasteiger partial charge >= 0.3 is 0 Å². The van der Waals surface area contributed by atoms with Crippen molar-refractivity contribution in [3.8, 4) is 6.07 Å². The van der Waals surface area contributed by atoms with Crippen molar-refractivity contribution in [2.45, 2.75) is 0 Å². The van der Waals surface area contributed by atoms with Crippen LogP contribution in [0.25, 0.3) is 0 Å². The van der Waals surface area contributed by atoms with Crippen LogP contribution in [0.2, 0.25) is 10.0 Å². The molecule has 0 aliphatic carbocycles. The number of nitriles is 1. The van der Waals surface area contributed by atoms with Gasteiger partial charge < -0.3 is 5.32 Å². The number of nitrogens with one attached hydrogen (secondary N) is 1. The number of carbonyl (C=O) groups is 1. The number of hydrogen-bond acceptors (Lipinski definition) is 2. The summed E-state index contributed by atoms with van der Waals surface area (Å²) in [4.78, 5) is 12.1. The number of rotatable bonds is 2. The Morgan fingerprint density at radius 1 is 1.15 bits per heavy atom. The Hall–Kier alpha value is -1.54. The molecule has 1 amide bonds. The van der Waals surface area contributed by atoms with Crippen molar-refractivity contribution in [2.24, 2.45) is 0 Å². The molecular weight excluding hydrogens is 363 g/mol. The normalized spacial score (nSPS) is 9.90. The quantitative estimate of drug-likeness (QED) is 0.820. The van der Waals surface area contributed by atoms with E-state index in [1.54, 1.807) is 30.3 Å². The number of carbonyl (C=O) groups excluding carboxylic acids is 1. The van der Waals surface area contributed by atoms with Crippen LogP contribution in [0, 0.1) is 11.3 Å². The van der Waals surface area contributed by atoms with Crippen molar-refractivity contribution in [2.75, 3.05) is 5.32 Å². The third-order valence-electron chi connectivity index (χ3n) is 2.53. The van der Waals surface area contributed by atoms with E-state index in [2.05, 4.69) is 21.2 Å². The van der Waals surface area contributed by atoms with Crippen molar-refractivity contribution < 1.29 is 4.79 Å². The maximum atomic E-state index is 12.1. The highest BCUT2D eigenvalue weighted by molar-refractivity contribution is 9.10. The molecule has 2 aromatic carbocycles. The highest BCUT2D eigenvalue weighted by Crippen LogP contribution is 2.26. The molecule has 20 heavy (non-hydrogen) atoms. The van der Waals surface area contributed by atoms with Crippen LogP contribution >= 0.6 is 39.1 Å². The molecule has 6 heteroatoms. The molecule has 100 valence electrons. The molecule has 0 aromatic heterocycles. The van der Waals surface area contributed by atoms with Gasteiger partial charge in [0.2, 0.25) is 0 Å². The number of benzene rings is 2. The van der Waals surface area contributed by atoms with Gasteiger partial charge in [0, 0.05) is 10.0 Å². The lowest BCUT2D eigenvalue weighted by atomic mass is 10.2. The van der Waals surface area contributed by atoms with E-state index in [9.17, 15) is 4.79 Å². The van der Waals surface area contributed by atoms with Crippen LogP contribution in [-0.4, -0.2) is 5.91 Å². The average Bonchev–Trinajstić information content (AvgIpc) is 2.44. The van der Waals surface area contributed by atoms with Gasteiger partial charge in [-0.1, -0.05) is 23.2 Å². The Morgan fingerprint density at radius 2 is 1.90 bits per heavy atom. The first-order chi connectivity index (χ1) is 9.51. The van der Waals surface area contributed by atoms with Gasteiger partial charge in [-0.05, 0) is 52.3 Å². The molecule has 0 atom stereocenters. The number of nitrogens with zero attached hydrogens (tertiary/aromatic N) is 1. The SMILES string of the molecule is N#Cc1ccc(Cl)c(NC(=O)c2ccc(Br)c(Cl)c2)c1.